The lowest BCUT2D eigenvalue weighted by Gasteiger charge is -2.44. The number of carbonyl (C=O) groups excluding carboxylic acids is 3. The first-order valence-electron chi connectivity index (χ1n) is 13.6. The van der Waals surface area contributed by atoms with Crippen LogP contribution in [-0.4, -0.2) is 86.2 Å². The number of piperidine rings is 1. The number of nitrogens with one attached hydrogen (secondary N) is 1. The molecule has 2 amide bonds. The molecule has 3 saturated heterocycles. The molecule has 1 aromatic rings. The molecule has 0 spiro atoms. The maximum atomic E-state index is 14.5. The van der Waals surface area contributed by atoms with Crippen molar-refractivity contribution >= 4 is 41.0 Å². The second-order valence-electron chi connectivity index (χ2n) is 11.6. The number of rotatable bonds is 7. The van der Waals surface area contributed by atoms with E-state index < -0.39 is 11.6 Å². The Labute approximate surface area is 234 Å². The van der Waals surface area contributed by atoms with Crippen molar-refractivity contribution < 1.29 is 23.9 Å². The number of likely N-dealkylation sites (N-methyl/N-ethyl adjacent to an activating group) is 1. The minimum absolute atomic E-state index is 0.00644. The van der Waals surface area contributed by atoms with E-state index in [1.165, 1.54) is 4.90 Å². The smallest absolute Gasteiger partial charge is 0.410 e. The maximum Gasteiger partial charge on any atom is 0.410 e. The molecular formula is C28H37Cl2N3O5. The second-order valence-corrected chi connectivity index (χ2v) is 12.5. The van der Waals surface area contributed by atoms with Gasteiger partial charge in [0.25, 0.3) is 0 Å². The molecule has 38 heavy (non-hydrogen) atoms. The largest absolute Gasteiger partial charge is 0.449 e. The molecule has 1 N–H and O–H groups in total. The molecule has 10 heteroatoms. The number of carbonyl (C=O) groups is 3. The van der Waals surface area contributed by atoms with Gasteiger partial charge in [-0.25, -0.2) is 4.79 Å². The van der Waals surface area contributed by atoms with Crippen molar-refractivity contribution in [3.8, 4) is 0 Å². The summed E-state index contributed by atoms with van der Waals surface area (Å²) in [5.41, 5.74) is -0.531. The van der Waals surface area contributed by atoms with E-state index in [0.29, 0.717) is 62.3 Å². The number of hydrogen-bond acceptors (Lipinski definition) is 6. The van der Waals surface area contributed by atoms with Crippen molar-refractivity contribution in [2.75, 3.05) is 53.0 Å². The van der Waals surface area contributed by atoms with Gasteiger partial charge in [0.05, 0.1) is 23.3 Å². The normalized spacial score (nSPS) is 28.8. The summed E-state index contributed by atoms with van der Waals surface area (Å²) in [7, 11) is 1.66. The lowest BCUT2D eigenvalue weighted by molar-refractivity contribution is -0.142. The lowest BCUT2D eigenvalue weighted by Crippen LogP contribution is -2.62. The van der Waals surface area contributed by atoms with Gasteiger partial charge in [-0.05, 0) is 49.8 Å². The molecule has 3 atom stereocenters. The third kappa shape index (κ3) is 5.17. The average molecular weight is 567 g/mol. The predicted molar refractivity (Wildman–Crippen MR) is 144 cm³/mol. The van der Waals surface area contributed by atoms with Gasteiger partial charge in [-0.1, -0.05) is 36.2 Å². The standard InChI is InChI=1S/C28H37Cl2N3O5/c1-27(8-9-27)25(35)33-10-5-19(6-11-33)24(34)28(32(2)26(36)38-16-18-7-12-37-15-18)17-31-14-21(28)20-3-4-22(29)23(30)13-20/h3-4,13,18-19,21,31H,5-12,14-17H2,1-2H3/t18-,21+,28-/m0/s1. The molecule has 8 nitrogen and oxygen atoms in total. The van der Waals surface area contributed by atoms with Gasteiger partial charge in [-0.3, -0.25) is 14.5 Å². The van der Waals surface area contributed by atoms with Crippen molar-refractivity contribution in [1.29, 1.82) is 0 Å². The highest BCUT2D eigenvalue weighted by Crippen LogP contribution is 2.47. The molecule has 4 fully saturated rings. The molecule has 1 aliphatic carbocycles. The van der Waals surface area contributed by atoms with E-state index in [4.69, 9.17) is 32.7 Å². The summed E-state index contributed by atoms with van der Waals surface area (Å²) in [6, 6.07) is 5.39. The average Bonchev–Trinajstić information content (AvgIpc) is 3.30. The summed E-state index contributed by atoms with van der Waals surface area (Å²) >= 11 is 12.6. The number of Topliss-reactive ketones (excluding diaryl/α,β-unsaturated/α-hetero) is 1. The third-order valence-corrected chi connectivity index (χ3v) is 9.84. The maximum absolute atomic E-state index is 14.5. The Hall–Kier alpha value is -1.87. The molecule has 1 saturated carbocycles. The Kier molecular flexibility index (Phi) is 7.98. The van der Waals surface area contributed by atoms with Crippen LogP contribution in [0.4, 0.5) is 4.79 Å². The van der Waals surface area contributed by atoms with Gasteiger partial charge in [-0.15, -0.1) is 0 Å². The van der Waals surface area contributed by atoms with Gasteiger partial charge in [-0.2, -0.15) is 0 Å². The summed E-state index contributed by atoms with van der Waals surface area (Å²) in [6.07, 6.45) is 3.37. The summed E-state index contributed by atoms with van der Waals surface area (Å²) in [5, 5.41) is 4.22. The van der Waals surface area contributed by atoms with Gasteiger partial charge in [0, 0.05) is 63.0 Å². The van der Waals surface area contributed by atoms with Crippen LogP contribution >= 0.6 is 23.2 Å². The van der Waals surface area contributed by atoms with Gasteiger partial charge >= 0.3 is 6.09 Å². The molecular weight excluding hydrogens is 529 g/mol. The SMILES string of the molecule is CN(C(=O)OC[C@H]1CCOC1)[C@@]1(C(=O)C2CCN(C(=O)C3(C)CC3)CC2)CNC[C@@H]1c1ccc(Cl)c(Cl)c1. The zero-order valence-electron chi connectivity index (χ0n) is 22.1. The van der Waals surface area contributed by atoms with Crippen LogP contribution in [0.2, 0.25) is 10.0 Å². The van der Waals surface area contributed by atoms with E-state index >= 15 is 0 Å². The number of nitrogens with zero attached hydrogens (tertiary/aromatic N) is 2. The van der Waals surface area contributed by atoms with E-state index in [1.807, 2.05) is 17.9 Å². The Balaban J connectivity index is 1.39. The molecule has 5 rings (SSSR count). The zero-order valence-corrected chi connectivity index (χ0v) is 23.7. The highest BCUT2D eigenvalue weighted by atomic mass is 35.5. The van der Waals surface area contributed by atoms with Crippen LogP contribution in [-0.2, 0) is 19.1 Å². The molecule has 3 aliphatic heterocycles. The van der Waals surface area contributed by atoms with Gasteiger partial charge in [0.15, 0.2) is 5.78 Å². The van der Waals surface area contributed by atoms with E-state index in [0.717, 1.165) is 24.8 Å². The fourth-order valence-corrected chi connectivity index (χ4v) is 6.55. The van der Waals surface area contributed by atoms with Crippen LogP contribution in [0.3, 0.4) is 0 Å². The Morgan fingerprint density at radius 3 is 2.53 bits per heavy atom. The number of likely N-dealkylation sites (tertiary alicyclic amines) is 1. The number of benzene rings is 1. The lowest BCUT2D eigenvalue weighted by atomic mass is 9.72. The van der Waals surface area contributed by atoms with E-state index in [2.05, 4.69) is 5.32 Å². The van der Waals surface area contributed by atoms with Gasteiger partial charge in [0.2, 0.25) is 5.91 Å². The minimum Gasteiger partial charge on any atom is -0.449 e. The fraction of sp³-hybridized carbons (Fsp3) is 0.679. The Morgan fingerprint density at radius 2 is 1.89 bits per heavy atom. The molecule has 0 bridgehead atoms. The van der Waals surface area contributed by atoms with Crippen molar-refractivity contribution in [3.05, 3.63) is 33.8 Å². The fourth-order valence-electron chi connectivity index (χ4n) is 6.24. The summed E-state index contributed by atoms with van der Waals surface area (Å²) in [4.78, 5) is 44.2. The van der Waals surface area contributed by atoms with E-state index in [9.17, 15) is 14.4 Å². The number of ketones is 1. The van der Waals surface area contributed by atoms with Crippen molar-refractivity contribution in [3.63, 3.8) is 0 Å². The van der Waals surface area contributed by atoms with Crippen LogP contribution in [0, 0.1) is 17.3 Å². The van der Waals surface area contributed by atoms with Crippen LogP contribution in [0.5, 0.6) is 0 Å². The molecule has 1 aromatic carbocycles. The number of amides is 2. The van der Waals surface area contributed by atoms with Crippen LogP contribution < -0.4 is 5.32 Å². The van der Waals surface area contributed by atoms with E-state index in [-0.39, 0.29) is 41.5 Å². The highest BCUT2D eigenvalue weighted by Gasteiger charge is 2.57. The molecule has 208 valence electrons. The molecule has 3 heterocycles. The van der Waals surface area contributed by atoms with Gasteiger partial charge < -0.3 is 19.7 Å². The first kappa shape index (κ1) is 27.7. The second kappa shape index (κ2) is 11.0. The van der Waals surface area contributed by atoms with Crippen LogP contribution in [0.15, 0.2) is 18.2 Å². The number of ether oxygens (including phenoxy) is 2. The molecule has 0 aromatic heterocycles. The minimum atomic E-state index is -1.15. The van der Waals surface area contributed by atoms with Crippen molar-refractivity contribution in [1.82, 2.24) is 15.1 Å². The monoisotopic (exact) mass is 565 g/mol. The van der Waals surface area contributed by atoms with Crippen molar-refractivity contribution in [2.45, 2.75) is 50.5 Å². The molecule has 4 aliphatic rings. The quantitative estimate of drug-likeness (QED) is 0.534. The predicted octanol–water partition coefficient (Wildman–Crippen LogP) is 4.13. The van der Waals surface area contributed by atoms with Crippen LogP contribution in [0.25, 0.3) is 0 Å². The van der Waals surface area contributed by atoms with Gasteiger partial charge in [0.1, 0.15) is 5.54 Å². The summed E-state index contributed by atoms with van der Waals surface area (Å²) in [5.74, 6) is -0.225. The first-order chi connectivity index (χ1) is 18.2. The Bertz CT molecular complexity index is 1080. The number of halogens is 2. The van der Waals surface area contributed by atoms with E-state index in [1.54, 1.807) is 19.2 Å². The highest BCUT2D eigenvalue weighted by molar-refractivity contribution is 6.42. The van der Waals surface area contributed by atoms with Crippen LogP contribution in [0.1, 0.15) is 50.5 Å². The Morgan fingerprint density at radius 1 is 1.16 bits per heavy atom. The first-order valence-corrected chi connectivity index (χ1v) is 14.4. The topological polar surface area (TPSA) is 88.2 Å². The third-order valence-electron chi connectivity index (χ3n) is 9.10. The van der Waals surface area contributed by atoms with Crippen molar-refractivity contribution in [2.24, 2.45) is 17.3 Å². The summed E-state index contributed by atoms with van der Waals surface area (Å²) < 4.78 is 11.1. The summed E-state index contributed by atoms with van der Waals surface area (Å²) in [6.45, 7) is 5.46. The molecule has 0 radical (unpaired) electrons. The molecule has 0 unspecified atom stereocenters. The number of hydrogen-bond donors (Lipinski definition) is 1. The zero-order chi connectivity index (χ0) is 27.1.